The second kappa shape index (κ2) is 3.15. The van der Waals surface area contributed by atoms with Crippen LogP contribution in [0.25, 0.3) is 0 Å². The Morgan fingerprint density at radius 3 is 2.77 bits per heavy atom. The van der Waals surface area contributed by atoms with Gasteiger partial charge in [0.2, 0.25) is 0 Å². The SMILES string of the molecule is CC(C)C1=Nc2c(Cl)cccc2C1. The van der Waals surface area contributed by atoms with E-state index in [2.05, 4.69) is 24.9 Å². The Labute approximate surface area is 83.4 Å². The zero-order valence-electron chi connectivity index (χ0n) is 7.84. The van der Waals surface area contributed by atoms with Crippen molar-refractivity contribution in [1.29, 1.82) is 0 Å². The third kappa shape index (κ3) is 1.49. The van der Waals surface area contributed by atoms with E-state index in [1.165, 1.54) is 11.3 Å². The number of hydrogen-bond donors (Lipinski definition) is 0. The quantitative estimate of drug-likeness (QED) is 0.646. The molecule has 2 rings (SSSR count). The fourth-order valence-corrected chi connectivity index (χ4v) is 1.78. The zero-order chi connectivity index (χ0) is 9.42. The second-order valence-corrected chi connectivity index (χ2v) is 4.09. The maximum absolute atomic E-state index is 6.03. The van der Waals surface area contributed by atoms with Crippen LogP contribution in [0.2, 0.25) is 5.02 Å². The minimum atomic E-state index is 0.517. The van der Waals surface area contributed by atoms with Gasteiger partial charge in [-0.2, -0.15) is 0 Å². The van der Waals surface area contributed by atoms with E-state index in [9.17, 15) is 0 Å². The molecule has 2 heteroatoms. The molecule has 68 valence electrons. The first-order valence-corrected chi connectivity index (χ1v) is 4.91. The van der Waals surface area contributed by atoms with Crippen molar-refractivity contribution < 1.29 is 0 Å². The van der Waals surface area contributed by atoms with Crippen LogP contribution in [0.1, 0.15) is 19.4 Å². The Bertz CT molecular complexity index is 366. The van der Waals surface area contributed by atoms with Crippen LogP contribution in [0.5, 0.6) is 0 Å². The predicted molar refractivity (Wildman–Crippen MR) is 57.1 cm³/mol. The van der Waals surface area contributed by atoms with Crippen molar-refractivity contribution in [2.45, 2.75) is 20.3 Å². The minimum absolute atomic E-state index is 0.517. The number of rotatable bonds is 1. The highest BCUT2D eigenvalue weighted by atomic mass is 35.5. The first kappa shape index (κ1) is 8.76. The summed E-state index contributed by atoms with van der Waals surface area (Å²) in [4.78, 5) is 4.54. The molecule has 0 radical (unpaired) electrons. The van der Waals surface area contributed by atoms with Gasteiger partial charge < -0.3 is 0 Å². The molecule has 1 aliphatic heterocycles. The summed E-state index contributed by atoms with van der Waals surface area (Å²) in [7, 11) is 0. The maximum Gasteiger partial charge on any atom is 0.0851 e. The minimum Gasteiger partial charge on any atom is -0.255 e. The van der Waals surface area contributed by atoms with Gasteiger partial charge in [-0.3, -0.25) is 4.99 Å². The molecule has 0 saturated carbocycles. The van der Waals surface area contributed by atoms with Gasteiger partial charge in [0.25, 0.3) is 0 Å². The first-order valence-electron chi connectivity index (χ1n) is 4.53. The summed E-state index contributed by atoms with van der Waals surface area (Å²) < 4.78 is 0. The van der Waals surface area contributed by atoms with Gasteiger partial charge in [0.05, 0.1) is 10.7 Å². The van der Waals surface area contributed by atoms with Gasteiger partial charge >= 0.3 is 0 Å². The highest BCUT2D eigenvalue weighted by Gasteiger charge is 2.18. The predicted octanol–water partition coefficient (Wildman–Crippen LogP) is 3.62. The molecule has 13 heavy (non-hydrogen) atoms. The van der Waals surface area contributed by atoms with Gasteiger partial charge in [-0.05, 0) is 17.5 Å². The summed E-state index contributed by atoms with van der Waals surface area (Å²) in [6.45, 7) is 4.33. The molecular formula is C11H12ClN. The third-order valence-electron chi connectivity index (χ3n) is 2.36. The number of aliphatic imine (C=N–C) groups is 1. The van der Waals surface area contributed by atoms with E-state index in [1.807, 2.05) is 12.1 Å². The average molecular weight is 194 g/mol. The molecule has 1 aromatic rings. The molecule has 1 heterocycles. The van der Waals surface area contributed by atoms with Crippen molar-refractivity contribution in [2.75, 3.05) is 0 Å². The lowest BCUT2D eigenvalue weighted by Gasteiger charge is -2.01. The standard InChI is InChI=1S/C11H12ClN/c1-7(2)10-6-8-4-3-5-9(12)11(8)13-10/h3-5,7H,6H2,1-2H3. The average Bonchev–Trinajstić information content (AvgIpc) is 2.49. The molecule has 0 atom stereocenters. The summed E-state index contributed by atoms with van der Waals surface area (Å²) >= 11 is 6.03. The Morgan fingerprint density at radius 1 is 1.38 bits per heavy atom. The molecule has 0 fully saturated rings. The molecule has 0 aliphatic carbocycles. The molecule has 0 spiro atoms. The number of nitrogens with zero attached hydrogens (tertiary/aromatic N) is 1. The Hall–Kier alpha value is -0.820. The normalized spacial score (nSPS) is 14.6. The van der Waals surface area contributed by atoms with Crippen LogP contribution in [0, 0.1) is 5.92 Å². The third-order valence-corrected chi connectivity index (χ3v) is 2.67. The number of benzene rings is 1. The van der Waals surface area contributed by atoms with Crippen molar-refractivity contribution in [2.24, 2.45) is 10.9 Å². The van der Waals surface area contributed by atoms with Crippen LogP contribution in [0.15, 0.2) is 23.2 Å². The molecule has 1 aromatic carbocycles. The fraction of sp³-hybridized carbons (Fsp3) is 0.364. The first-order chi connectivity index (χ1) is 6.18. The van der Waals surface area contributed by atoms with Crippen molar-refractivity contribution in [3.05, 3.63) is 28.8 Å². The lowest BCUT2D eigenvalue weighted by atomic mass is 10.0. The maximum atomic E-state index is 6.03. The molecule has 0 bridgehead atoms. The summed E-state index contributed by atoms with van der Waals surface area (Å²) in [5.74, 6) is 0.517. The van der Waals surface area contributed by atoms with Gasteiger partial charge in [0, 0.05) is 12.1 Å². The van der Waals surface area contributed by atoms with Crippen molar-refractivity contribution >= 4 is 23.0 Å². The summed E-state index contributed by atoms with van der Waals surface area (Å²) in [5.41, 5.74) is 3.48. The van der Waals surface area contributed by atoms with E-state index in [0.717, 1.165) is 17.1 Å². The van der Waals surface area contributed by atoms with Gasteiger partial charge in [-0.25, -0.2) is 0 Å². The number of para-hydroxylation sites is 1. The van der Waals surface area contributed by atoms with Gasteiger partial charge in [-0.1, -0.05) is 37.6 Å². The van der Waals surface area contributed by atoms with Gasteiger partial charge in [0.15, 0.2) is 0 Å². The monoisotopic (exact) mass is 193 g/mol. The fourth-order valence-electron chi connectivity index (χ4n) is 1.54. The van der Waals surface area contributed by atoms with Crippen molar-refractivity contribution in [3.8, 4) is 0 Å². The largest absolute Gasteiger partial charge is 0.255 e. The summed E-state index contributed by atoms with van der Waals surface area (Å²) in [5, 5.41) is 0.771. The van der Waals surface area contributed by atoms with E-state index in [1.54, 1.807) is 0 Å². The number of fused-ring (bicyclic) bond motifs is 1. The molecule has 0 saturated heterocycles. The van der Waals surface area contributed by atoms with E-state index in [0.29, 0.717) is 5.92 Å². The topological polar surface area (TPSA) is 12.4 Å². The van der Waals surface area contributed by atoms with E-state index >= 15 is 0 Å². The molecule has 0 unspecified atom stereocenters. The van der Waals surface area contributed by atoms with Gasteiger partial charge in [0.1, 0.15) is 0 Å². The Morgan fingerprint density at radius 2 is 2.15 bits per heavy atom. The van der Waals surface area contributed by atoms with E-state index < -0.39 is 0 Å². The highest BCUT2D eigenvalue weighted by Crippen LogP contribution is 2.35. The van der Waals surface area contributed by atoms with Crippen LogP contribution < -0.4 is 0 Å². The van der Waals surface area contributed by atoms with Crippen LogP contribution in [-0.4, -0.2) is 5.71 Å². The Balaban J connectivity index is 2.43. The molecule has 0 aromatic heterocycles. The lowest BCUT2D eigenvalue weighted by molar-refractivity contribution is 0.871. The lowest BCUT2D eigenvalue weighted by Crippen LogP contribution is -2.06. The number of hydrogen-bond acceptors (Lipinski definition) is 1. The van der Waals surface area contributed by atoms with Gasteiger partial charge in [-0.15, -0.1) is 0 Å². The molecule has 0 N–H and O–H groups in total. The van der Waals surface area contributed by atoms with E-state index in [-0.39, 0.29) is 0 Å². The summed E-state index contributed by atoms with van der Waals surface area (Å²) in [6, 6.07) is 5.98. The molecule has 1 aliphatic rings. The van der Waals surface area contributed by atoms with Crippen molar-refractivity contribution in [3.63, 3.8) is 0 Å². The zero-order valence-corrected chi connectivity index (χ0v) is 8.60. The molecule has 1 nitrogen and oxygen atoms in total. The van der Waals surface area contributed by atoms with Crippen LogP contribution in [0.4, 0.5) is 5.69 Å². The number of halogens is 1. The second-order valence-electron chi connectivity index (χ2n) is 3.68. The molecular weight excluding hydrogens is 182 g/mol. The van der Waals surface area contributed by atoms with Crippen molar-refractivity contribution in [1.82, 2.24) is 0 Å². The van der Waals surface area contributed by atoms with Crippen LogP contribution in [-0.2, 0) is 6.42 Å². The molecule has 0 amide bonds. The van der Waals surface area contributed by atoms with Crippen LogP contribution >= 0.6 is 11.6 Å². The van der Waals surface area contributed by atoms with Crippen LogP contribution in [0.3, 0.4) is 0 Å². The Kier molecular flexibility index (Phi) is 2.12. The smallest absolute Gasteiger partial charge is 0.0851 e. The van der Waals surface area contributed by atoms with E-state index in [4.69, 9.17) is 11.6 Å². The highest BCUT2D eigenvalue weighted by molar-refractivity contribution is 6.33. The summed E-state index contributed by atoms with van der Waals surface area (Å²) in [6.07, 6.45) is 0.966.